The van der Waals surface area contributed by atoms with Gasteiger partial charge in [-0.1, -0.05) is 34.8 Å². The van der Waals surface area contributed by atoms with Gasteiger partial charge in [0.1, 0.15) is 0 Å². The Morgan fingerprint density at radius 2 is 1.50 bits per heavy atom. The molecule has 0 saturated heterocycles. The van der Waals surface area contributed by atoms with Crippen LogP contribution in [0, 0.1) is 0 Å². The van der Waals surface area contributed by atoms with Gasteiger partial charge in [-0.15, -0.1) is 0 Å². The van der Waals surface area contributed by atoms with Crippen molar-refractivity contribution in [1.82, 2.24) is 4.98 Å². The number of halogens is 3. The predicted molar refractivity (Wildman–Crippen MR) is 77.1 cm³/mol. The molecule has 18 heavy (non-hydrogen) atoms. The smallest absolute Gasteiger partial charge is 0.207 e. The van der Waals surface area contributed by atoms with Crippen LogP contribution in [-0.4, -0.2) is 15.3 Å². The lowest BCUT2D eigenvalue weighted by Gasteiger charge is -2.19. The SMILES string of the molecule is ClC(Cl)(Cl)CNc1c2c(nc3c1CCC3)CCC2. The third-order valence-corrected chi connectivity index (χ3v) is 4.12. The number of anilines is 1. The third kappa shape index (κ3) is 2.43. The van der Waals surface area contributed by atoms with E-state index in [-0.39, 0.29) is 0 Å². The minimum atomic E-state index is -1.25. The average molecular weight is 306 g/mol. The van der Waals surface area contributed by atoms with Crippen LogP contribution >= 0.6 is 34.8 Å². The molecule has 2 aliphatic rings. The van der Waals surface area contributed by atoms with Gasteiger partial charge < -0.3 is 5.32 Å². The molecule has 2 nitrogen and oxygen atoms in total. The first kappa shape index (κ1) is 12.8. The minimum absolute atomic E-state index is 0.348. The van der Waals surface area contributed by atoms with E-state index in [1.54, 1.807) is 0 Å². The van der Waals surface area contributed by atoms with Gasteiger partial charge in [-0.25, -0.2) is 0 Å². The molecule has 2 aliphatic carbocycles. The van der Waals surface area contributed by atoms with E-state index in [1.807, 2.05) is 0 Å². The van der Waals surface area contributed by atoms with E-state index in [0.29, 0.717) is 6.54 Å². The van der Waals surface area contributed by atoms with Crippen molar-refractivity contribution < 1.29 is 0 Å². The summed E-state index contributed by atoms with van der Waals surface area (Å²) in [4.78, 5) is 4.80. The van der Waals surface area contributed by atoms with Crippen molar-refractivity contribution >= 4 is 40.5 Å². The maximum absolute atomic E-state index is 5.84. The molecule has 1 N–H and O–H groups in total. The molecule has 0 unspecified atom stereocenters. The van der Waals surface area contributed by atoms with Crippen LogP contribution in [0.15, 0.2) is 0 Å². The summed E-state index contributed by atoms with van der Waals surface area (Å²) in [7, 11) is 0. The quantitative estimate of drug-likeness (QED) is 0.840. The van der Waals surface area contributed by atoms with E-state index in [2.05, 4.69) is 5.32 Å². The van der Waals surface area contributed by atoms with Crippen molar-refractivity contribution in [1.29, 1.82) is 0 Å². The van der Waals surface area contributed by atoms with Crippen molar-refractivity contribution in [3.63, 3.8) is 0 Å². The van der Waals surface area contributed by atoms with Gasteiger partial charge in [0.05, 0.1) is 6.54 Å². The molecular weight excluding hydrogens is 291 g/mol. The lowest BCUT2D eigenvalue weighted by atomic mass is 10.1. The van der Waals surface area contributed by atoms with Gasteiger partial charge in [0.25, 0.3) is 0 Å². The zero-order valence-electron chi connectivity index (χ0n) is 10.0. The number of aromatic nitrogens is 1. The molecule has 5 heteroatoms. The topological polar surface area (TPSA) is 24.9 Å². The Kier molecular flexibility index (Phi) is 3.38. The fraction of sp³-hybridized carbons (Fsp3) is 0.615. The standard InChI is InChI=1S/C13H15Cl3N2/c14-13(15,16)7-17-12-8-3-1-5-10(8)18-11-6-2-4-9(11)12/h1-7H2,(H,17,18). The Balaban J connectivity index is 1.97. The summed E-state index contributed by atoms with van der Waals surface area (Å²) >= 11 is 17.5. The van der Waals surface area contributed by atoms with Gasteiger partial charge >= 0.3 is 0 Å². The van der Waals surface area contributed by atoms with Gasteiger partial charge in [0.15, 0.2) is 0 Å². The predicted octanol–water partition coefficient (Wildman–Crippen LogP) is 3.84. The van der Waals surface area contributed by atoms with Crippen molar-refractivity contribution in [2.75, 3.05) is 11.9 Å². The second-order valence-corrected chi connectivity index (χ2v) is 7.53. The molecule has 0 spiro atoms. The highest BCUT2D eigenvalue weighted by molar-refractivity contribution is 6.67. The molecule has 0 aromatic carbocycles. The van der Waals surface area contributed by atoms with E-state index >= 15 is 0 Å². The number of aryl methyl sites for hydroxylation is 2. The summed E-state index contributed by atoms with van der Waals surface area (Å²) in [6, 6.07) is 0. The first-order chi connectivity index (χ1) is 8.54. The zero-order valence-corrected chi connectivity index (χ0v) is 12.3. The fourth-order valence-corrected chi connectivity index (χ4v) is 3.19. The number of rotatable bonds is 2. The number of hydrogen-bond acceptors (Lipinski definition) is 2. The largest absolute Gasteiger partial charge is 0.380 e. The van der Waals surface area contributed by atoms with Crippen molar-refractivity contribution in [2.45, 2.75) is 42.3 Å². The normalized spacial score (nSPS) is 17.7. The number of pyridine rings is 1. The number of nitrogens with one attached hydrogen (secondary N) is 1. The van der Waals surface area contributed by atoms with Crippen LogP contribution in [0.2, 0.25) is 0 Å². The summed E-state index contributed by atoms with van der Waals surface area (Å²) in [5.74, 6) is 0. The molecule has 1 heterocycles. The minimum Gasteiger partial charge on any atom is -0.380 e. The first-order valence-electron chi connectivity index (χ1n) is 6.39. The van der Waals surface area contributed by atoms with Crippen LogP contribution in [0.5, 0.6) is 0 Å². The van der Waals surface area contributed by atoms with E-state index < -0.39 is 3.79 Å². The Hall–Kier alpha value is -0.180. The van der Waals surface area contributed by atoms with Gasteiger partial charge in [0, 0.05) is 17.1 Å². The zero-order chi connectivity index (χ0) is 12.8. The highest BCUT2D eigenvalue weighted by Gasteiger charge is 2.27. The van der Waals surface area contributed by atoms with Gasteiger partial charge in [-0.2, -0.15) is 0 Å². The van der Waals surface area contributed by atoms with Crippen LogP contribution in [0.1, 0.15) is 35.4 Å². The van der Waals surface area contributed by atoms with Crippen LogP contribution in [-0.2, 0) is 25.7 Å². The fourth-order valence-electron chi connectivity index (χ4n) is 2.99. The Bertz CT molecular complexity index is 448. The maximum atomic E-state index is 5.84. The lowest BCUT2D eigenvalue weighted by molar-refractivity contribution is 0.872. The molecule has 0 amide bonds. The van der Waals surface area contributed by atoms with Gasteiger partial charge in [-0.05, 0) is 49.7 Å². The Morgan fingerprint density at radius 3 is 2.00 bits per heavy atom. The number of alkyl halides is 3. The monoisotopic (exact) mass is 304 g/mol. The Labute approximate surface area is 122 Å². The summed E-state index contributed by atoms with van der Waals surface area (Å²) in [6.07, 6.45) is 6.74. The number of fused-ring (bicyclic) bond motifs is 2. The molecule has 1 aromatic rings. The second-order valence-electron chi connectivity index (χ2n) is 5.01. The summed E-state index contributed by atoms with van der Waals surface area (Å²) in [6.45, 7) is 0.348. The van der Waals surface area contributed by atoms with E-state index in [1.165, 1.54) is 41.0 Å². The van der Waals surface area contributed by atoms with Crippen LogP contribution in [0.25, 0.3) is 0 Å². The molecular formula is C13H15Cl3N2. The van der Waals surface area contributed by atoms with Gasteiger partial charge in [-0.3, -0.25) is 4.98 Å². The molecule has 0 saturated carbocycles. The van der Waals surface area contributed by atoms with Crippen LogP contribution in [0.3, 0.4) is 0 Å². The van der Waals surface area contributed by atoms with Crippen molar-refractivity contribution in [3.05, 3.63) is 22.5 Å². The van der Waals surface area contributed by atoms with E-state index in [0.717, 1.165) is 25.7 Å². The second kappa shape index (κ2) is 4.73. The van der Waals surface area contributed by atoms with E-state index in [4.69, 9.17) is 39.8 Å². The molecule has 0 bridgehead atoms. The number of nitrogens with zero attached hydrogens (tertiary/aromatic N) is 1. The molecule has 98 valence electrons. The highest BCUT2D eigenvalue weighted by Crippen LogP contribution is 2.37. The molecule has 1 aromatic heterocycles. The molecule has 3 rings (SSSR count). The molecule has 0 atom stereocenters. The van der Waals surface area contributed by atoms with Gasteiger partial charge in [0.2, 0.25) is 3.79 Å². The van der Waals surface area contributed by atoms with Crippen molar-refractivity contribution in [2.24, 2.45) is 0 Å². The van der Waals surface area contributed by atoms with Crippen LogP contribution in [0.4, 0.5) is 5.69 Å². The third-order valence-electron chi connectivity index (χ3n) is 3.72. The van der Waals surface area contributed by atoms with Crippen molar-refractivity contribution in [3.8, 4) is 0 Å². The molecule has 0 aliphatic heterocycles. The summed E-state index contributed by atoms with van der Waals surface area (Å²) in [5.41, 5.74) is 6.41. The highest BCUT2D eigenvalue weighted by atomic mass is 35.6. The summed E-state index contributed by atoms with van der Waals surface area (Å²) in [5, 5.41) is 3.35. The number of hydrogen-bond donors (Lipinski definition) is 1. The maximum Gasteiger partial charge on any atom is 0.207 e. The first-order valence-corrected chi connectivity index (χ1v) is 7.52. The lowest BCUT2D eigenvalue weighted by Crippen LogP contribution is -2.20. The molecule has 0 fully saturated rings. The summed E-state index contributed by atoms with van der Waals surface area (Å²) < 4.78 is -1.25. The average Bonchev–Trinajstić information content (AvgIpc) is 2.89. The molecule has 0 radical (unpaired) electrons. The Morgan fingerprint density at radius 1 is 0.944 bits per heavy atom. The van der Waals surface area contributed by atoms with Crippen LogP contribution < -0.4 is 5.32 Å². The van der Waals surface area contributed by atoms with E-state index in [9.17, 15) is 0 Å².